The van der Waals surface area contributed by atoms with Gasteiger partial charge in [0.05, 0.1) is 0 Å². The Morgan fingerprint density at radius 1 is 0.895 bits per heavy atom. The topological polar surface area (TPSA) is 26.0 Å². The molecule has 0 fully saturated rings. The van der Waals surface area contributed by atoms with Crippen molar-refractivity contribution in [2.45, 2.75) is 71.6 Å². The first kappa shape index (κ1) is 18.3. The summed E-state index contributed by atoms with van der Waals surface area (Å²) in [6.07, 6.45) is 12.2. The number of hydrogen-bond donors (Lipinski definition) is 1. The highest BCUT2D eigenvalue weighted by Crippen LogP contribution is 2.18. The van der Waals surface area contributed by atoms with Gasteiger partial charge in [-0.3, -0.25) is 0 Å². The molecular formula is C17H30ClN. The highest BCUT2D eigenvalue weighted by molar-refractivity contribution is 5.85. The van der Waals surface area contributed by atoms with E-state index in [4.69, 9.17) is 5.73 Å². The van der Waals surface area contributed by atoms with E-state index in [1.54, 1.807) is 0 Å². The minimum atomic E-state index is 0. The first-order valence-electron chi connectivity index (χ1n) is 7.59. The number of benzene rings is 1. The first-order valence-corrected chi connectivity index (χ1v) is 7.59. The highest BCUT2D eigenvalue weighted by Gasteiger charge is 2.00. The maximum atomic E-state index is 5.92. The monoisotopic (exact) mass is 283 g/mol. The van der Waals surface area contributed by atoms with Crippen LogP contribution in [0, 0.1) is 6.92 Å². The van der Waals surface area contributed by atoms with Crippen LogP contribution in [0.25, 0.3) is 0 Å². The second-order valence-corrected chi connectivity index (χ2v) is 5.36. The van der Waals surface area contributed by atoms with Gasteiger partial charge in [-0.2, -0.15) is 0 Å². The SMILES string of the molecule is CCCCCCCCCCc1cccc(N)c1C.Cl. The summed E-state index contributed by atoms with van der Waals surface area (Å²) in [7, 11) is 0. The zero-order valence-electron chi connectivity index (χ0n) is 12.6. The molecule has 1 rings (SSSR count). The molecule has 1 aromatic rings. The molecule has 0 unspecified atom stereocenters. The third kappa shape index (κ3) is 7.47. The molecule has 0 spiro atoms. The largest absolute Gasteiger partial charge is 0.399 e. The Hall–Kier alpha value is -0.690. The molecule has 19 heavy (non-hydrogen) atoms. The smallest absolute Gasteiger partial charge is 0.0346 e. The van der Waals surface area contributed by atoms with Crippen LogP contribution in [0.2, 0.25) is 0 Å². The van der Waals surface area contributed by atoms with Gasteiger partial charge in [0, 0.05) is 5.69 Å². The van der Waals surface area contributed by atoms with Gasteiger partial charge in [-0.25, -0.2) is 0 Å². The minimum absolute atomic E-state index is 0. The molecule has 0 bridgehead atoms. The van der Waals surface area contributed by atoms with E-state index >= 15 is 0 Å². The Morgan fingerprint density at radius 2 is 1.47 bits per heavy atom. The predicted molar refractivity (Wildman–Crippen MR) is 89.2 cm³/mol. The van der Waals surface area contributed by atoms with Crippen LogP contribution in [0.1, 0.15) is 69.4 Å². The van der Waals surface area contributed by atoms with E-state index in [1.807, 2.05) is 6.07 Å². The molecule has 2 N–H and O–H groups in total. The lowest BCUT2D eigenvalue weighted by molar-refractivity contribution is 0.575. The Kier molecular flexibility index (Phi) is 10.8. The lowest BCUT2D eigenvalue weighted by Crippen LogP contribution is -1.95. The maximum absolute atomic E-state index is 5.92. The zero-order chi connectivity index (χ0) is 13.2. The summed E-state index contributed by atoms with van der Waals surface area (Å²) in [4.78, 5) is 0. The van der Waals surface area contributed by atoms with E-state index in [2.05, 4.69) is 26.0 Å². The Labute approximate surface area is 125 Å². The summed E-state index contributed by atoms with van der Waals surface area (Å²) in [5, 5.41) is 0. The minimum Gasteiger partial charge on any atom is -0.399 e. The zero-order valence-corrected chi connectivity index (χ0v) is 13.4. The van der Waals surface area contributed by atoms with Crippen molar-refractivity contribution in [3.63, 3.8) is 0 Å². The van der Waals surface area contributed by atoms with Crippen LogP contribution in [0.15, 0.2) is 18.2 Å². The molecule has 1 aromatic carbocycles. The van der Waals surface area contributed by atoms with Crippen LogP contribution in [0.5, 0.6) is 0 Å². The van der Waals surface area contributed by atoms with Gasteiger partial charge >= 0.3 is 0 Å². The standard InChI is InChI=1S/C17H29N.ClH/c1-3-4-5-6-7-8-9-10-12-16-13-11-14-17(18)15(16)2;/h11,13-14H,3-10,12,18H2,1-2H3;1H. The average molecular weight is 284 g/mol. The summed E-state index contributed by atoms with van der Waals surface area (Å²) < 4.78 is 0. The van der Waals surface area contributed by atoms with Crippen molar-refractivity contribution in [3.8, 4) is 0 Å². The van der Waals surface area contributed by atoms with Gasteiger partial charge in [-0.1, -0.05) is 64.0 Å². The molecule has 0 saturated heterocycles. The van der Waals surface area contributed by atoms with Crippen molar-refractivity contribution in [1.29, 1.82) is 0 Å². The molecular weight excluding hydrogens is 254 g/mol. The lowest BCUT2D eigenvalue weighted by atomic mass is 10.00. The number of nitrogens with two attached hydrogens (primary N) is 1. The molecule has 1 nitrogen and oxygen atoms in total. The van der Waals surface area contributed by atoms with E-state index in [0.29, 0.717) is 0 Å². The molecule has 0 aliphatic carbocycles. The van der Waals surface area contributed by atoms with Crippen molar-refractivity contribution < 1.29 is 0 Å². The normalized spacial score (nSPS) is 10.2. The quantitative estimate of drug-likeness (QED) is 0.458. The molecule has 0 amide bonds. The fourth-order valence-corrected chi connectivity index (χ4v) is 2.42. The molecule has 0 atom stereocenters. The summed E-state index contributed by atoms with van der Waals surface area (Å²) in [5.41, 5.74) is 9.57. The summed E-state index contributed by atoms with van der Waals surface area (Å²) >= 11 is 0. The Bertz CT molecular complexity index is 336. The summed E-state index contributed by atoms with van der Waals surface area (Å²) in [5.74, 6) is 0. The fraction of sp³-hybridized carbons (Fsp3) is 0.647. The number of halogens is 1. The van der Waals surface area contributed by atoms with Crippen LogP contribution >= 0.6 is 12.4 Å². The van der Waals surface area contributed by atoms with Crippen molar-refractivity contribution >= 4 is 18.1 Å². The van der Waals surface area contributed by atoms with Crippen LogP contribution in [0.4, 0.5) is 5.69 Å². The second kappa shape index (κ2) is 11.2. The summed E-state index contributed by atoms with van der Waals surface area (Å²) in [6, 6.07) is 6.28. The number of unbranched alkanes of at least 4 members (excludes halogenated alkanes) is 7. The average Bonchev–Trinajstić information content (AvgIpc) is 2.37. The Balaban J connectivity index is 0.00000324. The van der Waals surface area contributed by atoms with E-state index < -0.39 is 0 Å². The van der Waals surface area contributed by atoms with Gasteiger partial charge in [0.2, 0.25) is 0 Å². The summed E-state index contributed by atoms with van der Waals surface area (Å²) in [6.45, 7) is 4.41. The number of nitrogen functional groups attached to an aromatic ring is 1. The van der Waals surface area contributed by atoms with Crippen molar-refractivity contribution in [2.75, 3.05) is 5.73 Å². The van der Waals surface area contributed by atoms with E-state index in [9.17, 15) is 0 Å². The van der Waals surface area contributed by atoms with Gasteiger partial charge in [-0.05, 0) is 37.0 Å². The third-order valence-electron chi connectivity index (χ3n) is 3.79. The predicted octanol–water partition coefficient (Wildman–Crippen LogP) is 5.68. The van der Waals surface area contributed by atoms with Gasteiger partial charge < -0.3 is 5.73 Å². The van der Waals surface area contributed by atoms with Crippen LogP contribution in [-0.4, -0.2) is 0 Å². The fourth-order valence-electron chi connectivity index (χ4n) is 2.42. The van der Waals surface area contributed by atoms with Crippen molar-refractivity contribution in [2.24, 2.45) is 0 Å². The van der Waals surface area contributed by atoms with E-state index in [1.165, 1.54) is 68.9 Å². The molecule has 0 radical (unpaired) electrons. The highest BCUT2D eigenvalue weighted by atomic mass is 35.5. The van der Waals surface area contributed by atoms with Crippen LogP contribution in [-0.2, 0) is 6.42 Å². The molecule has 110 valence electrons. The van der Waals surface area contributed by atoms with Crippen LogP contribution < -0.4 is 5.73 Å². The molecule has 0 heterocycles. The van der Waals surface area contributed by atoms with Crippen molar-refractivity contribution in [1.82, 2.24) is 0 Å². The number of rotatable bonds is 9. The van der Waals surface area contributed by atoms with Gasteiger partial charge in [0.15, 0.2) is 0 Å². The first-order chi connectivity index (χ1) is 8.75. The van der Waals surface area contributed by atoms with Crippen molar-refractivity contribution in [3.05, 3.63) is 29.3 Å². The van der Waals surface area contributed by atoms with Gasteiger partial charge in [0.25, 0.3) is 0 Å². The number of aryl methyl sites for hydroxylation is 1. The maximum Gasteiger partial charge on any atom is 0.0346 e. The van der Waals surface area contributed by atoms with Gasteiger partial charge in [0.1, 0.15) is 0 Å². The third-order valence-corrected chi connectivity index (χ3v) is 3.79. The van der Waals surface area contributed by atoms with E-state index in [-0.39, 0.29) is 12.4 Å². The molecule has 0 aliphatic rings. The molecule has 0 saturated carbocycles. The lowest BCUT2D eigenvalue weighted by Gasteiger charge is -2.08. The Morgan fingerprint density at radius 3 is 2.11 bits per heavy atom. The van der Waals surface area contributed by atoms with E-state index in [0.717, 1.165) is 5.69 Å². The molecule has 0 aromatic heterocycles. The van der Waals surface area contributed by atoms with Gasteiger partial charge in [-0.15, -0.1) is 12.4 Å². The second-order valence-electron chi connectivity index (χ2n) is 5.36. The number of anilines is 1. The van der Waals surface area contributed by atoms with Crippen LogP contribution in [0.3, 0.4) is 0 Å². The molecule has 0 aliphatic heterocycles. The number of hydrogen-bond acceptors (Lipinski definition) is 1. The molecule has 2 heteroatoms.